The Morgan fingerprint density at radius 3 is 2.00 bits per heavy atom. The first-order valence-electron chi connectivity index (χ1n) is 6.10. The van der Waals surface area contributed by atoms with E-state index in [0.29, 0.717) is 12.2 Å². The SMILES string of the molecule is OCCc1ccc(Oc2c(F)cc(CO)cc2F)cc1. The number of ether oxygens (including phenoxy) is 1. The predicted molar refractivity (Wildman–Crippen MR) is 69.6 cm³/mol. The van der Waals surface area contributed by atoms with Gasteiger partial charge in [0, 0.05) is 6.61 Å². The third-order valence-corrected chi connectivity index (χ3v) is 2.78. The highest BCUT2D eigenvalue weighted by Gasteiger charge is 2.13. The van der Waals surface area contributed by atoms with E-state index in [4.69, 9.17) is 14.9 Å². The van der Waals surface area contributed by atoms with Crippen LogP contribution in [0.5, 0.6) is 11.5 Å². The largest absolute Gasteiger partial charge is 0.451 e. The third kappa shape index (κ3) is 3.31. The molecule has 0 heterocycles. The predicted octanol–water partition coefficient (Wildman–Crippen LogP) is 2.78. The van der Waals surface area contributed by atoms with Crippen LogP contribution >= 0.6 is 0 Å². The molecule has 0 saturated carbocycles. The van der Waals surface area contributed by atoms with Gasteiger partial charge >= 0.3 is 0 Å². The monoisotopic (exact) mass is 280 g/mol. The summed E-state index contributed by atoms with van der Waals surface area (Å²) in [5.41, 5.74) is 1.04. The molecule has 20 heavy (non-hydrogen) atoms. The highest BCUT2D eigenvalue weighted by molar-refractivity contribution is 5.36. The van der Waals surface area contributed by atoms with Crippen LogP contribution in [-0.4, -0.2) is 16.8 Å². The Bertz CT molecular complexity index is 559. The van der Waals surface area contributed by atoms with E-state index in [9.17, 15) is 8.78 Å². The molecule has 0 unspecified atom stereocenters. The summed E-state index contributed by atoms with van der Waals surface area (Å²) in [6, 6.07) is 8.62. The minimum atomic E-state index is -0.867. The van der Waals surface area contributed by atoms with E-state index in [1.165, 1.54) is 0 Å². The van der Waals surface area contributed by atoms with Crippen molar-refractivity contribution in [1.82, 2.24) is 0 Å². The molecule has 0 bridgehead atoms. The van der Waals surface area contributed by atoms with Gasteiger partial charge in [-0.3, -0.25) is 0 Å². The number of benzene rings is 2. The molecule has 0 amide bonds. The van der Waals surface area contributed by atoms with Crippen molar-refractivity contribution >= 4 is 0 Å². The van der Waals surface area contributed by atoms with Gasteiger partial charge in [-0.05, 0) is 41.8 Å². The first-order chi connectivity index (χ1) is 9.63. The number of halogens is 2. The van der Waals surface area contributed by atoms with Crippen LogP contribution in [0.15, 0.2) is 36.4 Å². The Morgan fingerprint density at radius 2 is 1.50 bits per heavy atom. The second-order valence-corrected chi connectivity index (χ2v) is 4.27. The van der Waals surface area contributed by atoms with Gasteiger partial charge in [-0.2, -0.15) is 0 Å². The molecule has 3 nitrogen and oxygen atoms in total. The van der Waals surface area contributed by atoms with E-state index in [-0.39, 0.29) is 12.2 Å². The number of aliphatic hydroxyl groups is 2. The van der Waals surface area contributed by atoms with Gasteiger partial charge in [0.05, 0.1) is 6.61 Å². The van der Waals surface area contributed by atoms with Gasteiger partial charge in [-0.15, -0.1) is 0 Å². The standard InChI is InChI=1S/C15H14F2O3/c16-13-7-11(9-19)8-14(17)15(13)20-12-3-1-10(2-4-12)5-6-18/h1-4,7-8,18-19H,5-6,9H2. The van der Waals surface area contributed by atoms with Crippen molar-refractivity contribution in [3.8, 4) is 11.5 Å². The number of hydrogen-bond acceptors (Lipinski definition) is 3. The molecule has 0 saturated heterocycles. The molecule has 0 radical (unpaired) electrons. The molecular weight excluding hydrogens is 266 g/mol. The fourth-order valence-electron chi connectivity index (χ4n) is 1.77. The van der Waals surface area contributed by atoms with Crippen molar-refractivity contribution in [3.63, 3.8) is 0 Å². The molecule has 0 aromatic heterocycles. The average molecular weight is 280 g/mol. The van der Waals surface area contributed by atoms with E-state index >= 15 is 0 Å². The first kappa shape index (κ1) is 14.4. The third-order valence-electron chi connectivity index (χ3n) is 2.78. The summed E-state index contributed by atoms with van der Waals surface area (Å²) >= 11 is 0. The zero-order chi connectivity index (χ0) is 14.5. The van der Waals surface area contributed by atoms with Crippen molar-refractivity contribution in [2.24, 2.45) is 0 Å². The molecule has 0 aliphatic rings. The van der Waals surface area contributed by atoms with Gasteiger partial charge in [0.2, 0.25) is 0 Å². The maximum Gasteiger partial charge on any atom is 0.198 e. The van der Waals surface area contributed by atoms with Crippen LogP contribution in [0.1, 0.15) is 11.1 Å². The lowest BCUT2D eigenvalue weighted by Crippen LogP contribution is -1.96. The summed E-state index contributed by atoms with van der Waals surface area (Å²) in [5, 5.41) is 17.6. The summed E-state index contributed by atoms with van der Waals surface area (Å²) in [6.07, 6.45) is 0.508. The molecule has 2 rings (SSSR count). The highest BCUT2D eigenvalue weighted by atomic mass is 19.1. The summed E-state index contributed by atoms with van der Waals surface area (Å²) in [4.78, 5) is 0. The topological polar surface area (TPSA) is 49.7 Å². The van der Waals surface area contributed by atoms with Gasteiger partial charge in [-0.25, -0.2) is 8.78 Å². The van der Waals surface area contributed by atoms with Gasteiger partial charge in [0.1, 0.15) is 5.75 Å². The smallest absolute Gasteiger partial charge is 0.198 e. The van der Waals surface area contributed by atoms with Gasteiger partial charge in [0.15, 0.2) is 17.4 Å². The van der Waals surface area contributed by atoms with Crippen LogP contribution in [0.3, 0.4) is 0 Å². The van der Waals surface area contributed by atoms with Crippen molar-refractivity contribution in [1.29, 1.82) is 0 Å². The van der Waals surface area contributed by atoms with E-state index < -0.39 is 24.0 Å². The Morgan fingerprint density at radius 1 is 0.900 bits per heavy atom. The fraction of sp³-hybridized carbons (Fsp3) is 0.200. The van der Waals surface area contributed by atoms with Gasteiger partial charge in [0.25, 0.3) is 0 Å². The minimum absolute atomic E-state index is 0.0338. The minimum Gasteiger partial charge on any atom is -0.451 e. The second-order valence-electron chi connectivity index (χ2n) is 4.27. The maximum atomic E-state index is 13.7. The average Bonchev–Trinajstić information content (AvgIpc) is 2.44. The number of aliphatic hydroxyl groups excluding tert-OH is 2. The lowest BCUT2D eigenvalue weighted by Gasteiger charge is -2.09. The molecule has 0 fully saturated rings. The summed E-state index contributed by atoms with van der Waals surface area (Å²) in [7, 11) is 0. The summed E-state index contributed by atoms with van der Waals surface area (Å²) in [6.45, 7) is -0.407. The molecule has 2 aromatic rings. The van der Waals surface area contributed by atoms with Crippen LogP contribution in [0, 0.1) is 11.6 Å². The molecule has 0 atom stereocenters. The maximum absolute atomic E-state index is 13.7. The number of rotatable bonds is 5. The molecule has 5 heteroatoms. The van der Waals surface area contributed by atoms with Crippen LogP contribution in [0.2, 0.25) is 0 Å². The van der Waals surface area contributed by atoms with Crippen molar-refractivity contribution < 1.29 is 23.7 Å². The van der Waals surface area contributed by atoms with Crippen molar-refractivity contribution in [2.45, 2.75) is 13.0 Å². The Hall–Kier alpha value is -1.98. The fourth-order valence-corrected chi connectivity index (χ4v) is 1.77. The molecule has 106 valence electrons. The van der Waals surface area contributed by atoms with E-state index in [2.05, 4.69) is 0 Å². The quantitative estimate of drug-likeness (QED) is 0.885. The van der Waals surface area contributed by atoms with Crippen LogP contribution in [-0.2, 0) is 13.0 Å². The van der Waals surface area contributed by atoms with Crippen LogP contribution < -0.4 is 4.74 Å². The van der Waals surface area contributed by atoms with Gasteiger partial charge in [-0.1, -0.05) is 12.1 Å². The summed E-state index contributed by atoms with van der Waals surface area (Å²) < 4.78 is 32.5. The lowest BCUT2D eigenvalue weighted by atomic mass is 10.1. The molecular formula is C15H14F2O3. The Balaban J connectivity index is 2.21. The Kier molecular flexibility index (Phi) is 4.65. The van der Waals surface area contributed by atoms with Crippen molar-refractivity contribution in [2.75, 3.05) is 6.61 Å². The lowest BCUT2D eigenvalue weighted by molar-refractivity contribution is 0.279. The van der Waals surface area contributed by atoms with Crippen LogP contribution in [0.25, 0.3) is 0 Å². The molecule has 0 spiro atoms. The molecule has 0 aliphatic heterocycles. The zero-order valence-electron chi connectivity index (χ0n) is 10.6. The second kappa shape index (κ2) is 6.45. The highest BCUT2D eigenvalue weighted by Crippen LogP contribution is 2.28. The molecule has 0 aliphatic carbocycles. The Labute approximate surface area is 115 Å². The van der Waals surface area contributed by atoms with Gasteiger partial charge < -0.3 is 14.9 Å². The van der Waals surface area contributed by atoms with E-state index in [0.717, 1.165) is 17.7 Å². The number of hydrogen-bond donors (Lipinski definition) is 2. The van der Waals surface area contributed by atoms with E-state index in [1.54, 1.807) is 24.3 Å². The first-order valence-corrected chi connectivity index (χ1v) is 6.10. The normalized spacial score (nSPS) is 10.6. The van der Waals surface area contributed by atoms with Crippen molar-refractivity contribution in [3.05, 3.63) is 59.2 Å². The van der Waals surface area contributed by atoms with E-state index in [1.807, 2.05) is 0 Å². The molecule has 2 N–H and O–H groups in total. The molecule has 2 aromatic carbocycles. The summed E-state index contributed by atoms with van der Waals surface area (Å²) in [5.74, 6) is -1.94. The van der Waals surface area contributed by atoms with Crippen LogP contribution in [0.4, 0.5) is 8.78 Å². The zero-order valence-corrected chi connectivity index (χ0v) is 10.6.